The maximum Gasteiger partial charge on any atom is 0.136 e. The van der Waals surface area contributed by atoms with Crippen LogP contribution in [0.1, 0.15) is 13.8 Å². The SMILES string of the molecule is C=NN/N=C\N=CC(C)C. The van der Waals surface area contributed by atoms with Crippen LogP contribution in [0.15, 0.2) is 15.2 Å². The predicted octanol–water partition coefficient (Wildman–Crippen LogP) is 0.862. The largest absolute Gasteiger partial charge is 0.247 e. The van der Waals surface area contributed by atoms with Crippen molar-refractivity contribution < 1.29 is 0 Å². The quantitative estimate of drug-likeness (QED) is 0.351. The van der Waals surface area contributed by atoms with Crippen molar-refractivity contribution in [3.63, 3.8) is 0 Å². The van der Waals surface area contributed by atoms with Gasteiger partial charge in [-0.15, -0.1) is 5.10 Å². The molecular formula is C6H12N4. The standard InChI is InChI=1S/C6H12N4/c1-6(2)4-8-5-9-10-7-3/h4-6,10H,3H2,1-2H3/b8-4?,9-5-. The van der Waals surface area contributed by atoms with Crippen LogP contribution in [0.2, 0.25) is 0 Å². The fourth-order valence-electron chi connectivity index (χ4n) is 0.311. The maximum atomic E-state index is 3.84. The second-order valence-corrected chi connectivity index (χ2v) is 2.04. The van der Waals surface area contributed by atoms with Crippen molar-refractivity contribution in [2.75, 3.05) is 0 Å². The molecule has 10 heavy (non-hydrogen) atoms. The van der Waals surface area contributed by atoms with E-state index in [0.717, 1.165) is 0 Å². The maximum absolute atomic E-state index is 3.84. The molecule has 4 nitrogen and oxygen atoms in total. The predicted molar refractivity (Wildman–Crippen MR) is 44.5 cm³/mol. The van der Waals surface area contributed by atoms with Gasteiger partial charge < -0.3 is 0 Å². The summed E-state index contributed by atoms with van der Waals surface area (Å²) in [4.78, 5) is 3.84. The Morgan fingerprint density at radius 2 is 2.20 bits per heavy atom. The molecule has 0 rings (SSSR count). The highest BCUT2D eigenvalue weighted by atomic mass is 15.5. The molecule has 0 amide bonds. The van der Waals surface area contributed by atoms with Crippen LogP contribution < -0.4 is 5.53 Å². The molecule has 0 saturated carbocycles. The van der Waals surface area contributed by atoms with Gasteiger partial charge in [0.2, 0.25) is 0 Å². The van der Waals surface area contributed by atoms with Crippen LogP contribution >= 0.6 is 0 Å². The molecule has 0 aliphatic carbocycles. The topological polar surface area (TPSA) is 49.1 Å². The van der Waals surface area contributed by atoms with Crippen molar-refractivity contribution >= 4 is 19.3 Å². The van der Waals surface area contributed by atoms with E-state index < -0.39 is 0 Å². The van der Waals surface area contributed by atoms with Gasteiger partial charge in [-0.25, -0.2) is 4.99 Å². The van der Waals surface area contributed by atoms with Gasteiger partial charge in [-0.2, -0.15) is 10.6 Å². The van der Waals surface area contributed by atoms with Crippen LogP contribution in [0.5, 0.6) is 0 Å². The number of nitrogens with zero attached hydrogens (tertiary/aromatic N) is 3. The monoisotopic (exact) mass is 140 g/mol. The lowest BCUT2D eigenvalue weighted by Gasteiger charge is -1.88. The van der Waals surface area contributed by atoms with Gasteiger partial charge in [0.25, 0.3) is 0 Å². The average Bonchev–Trinajstić information content (AvgIpc) is 1.87. The second-order valence-electron chi connectivity index (χ2n) is 2.04. The van der Waals surface area contributed by atoms with E-state index in [4.69, 9.17) is 0 Å². The van der Waals surface area contributed by atoms with Gasteiger partial charge in [-0.1, -0.05) is 13.8 Å². The van der Waals surface area contributed by atoms with Gasteiger partial charge in [-0.3, -0.25) is 0 Å². The molecule has 0 fully saturated rings. The Bertz CT molecular complexity index is 137. The fourth-order valence-corrected chi connectivity index (χ4v) is 0.311. The smallest absolute Gasteiger partial charge is 0.136 e. The summed E-state index contributed by atoms with van der Waals surface area (Å²) in [7, 11) is 0. The lowest BCUT2D eigenvalue weighted by atomic mass is 10.3. The van der Waals surface area contributed by atoms with E-state index in [1.807, 2.05) is 13.8 Å². The molecule has 0 saturated heterocycles. The summed E-state index contributed by atoms with van der Waals surface area (Å²) < 4.78 is 0. The van der Waals surface area contributed by atoms with E-state index in [1.165, 1.54) is 6.34 Å². The summed E-state index contributed by atoms with van der Waals surface area (Å²) in [5, 5.41) is 6.84. The van der Waals surface area contributed by atoms with Gasteiger partial charge >= 0.3 is 0 Å². The van der Waals surface area contributed by atoms with Crippen LogP contribution in [-0.2, 0) is 0 Å². The zero-order valence-corrected chi connectivity index (χ0v) is 6.28. The molecular weight excluding hydrogens is 128 g/mol. The molecule has 0 aromatic rings. The van der Waals surface area contributed by atoms with Gasteiger partial charge in [0.15, 0.2) is 0 Å². The highest BCUT2D eigenvalue weighted by Gasteiger charge is 1.80. The minimum absolute atomic E-state index is 0.447. The summed E-state index contributed by atoms with van der Waals surface area (Å²) in [6, 6.07) is 0. The summed E-state index contributed by atoms with van der Waals surface area (Å²) in [5.74, 6) is 0.447. The van der Waals surface area contributed by atoms with E-state index in [-0.39, 0.29) is 0 Å². The van der Waals surface area contributed by atoms with Crippen LogP contribution in [0.4, 0.5) is 0 Å². The Morgan fingerprint density at radius 3 is 2.70 bits per heavy atom. The number of hydrazone groups is 2. The van der Waals surface area contributed by atoms with Crippen LogP contribution in [0, 0.1) is 5.92 Å². The minimum atomic E-state index is 0.447. The zero-order chi connectivity index (χ0) is 7.82. The lowest BCUT2D eigenvalue weighted by molar-refractivity contribution is 0.819. The normalized spacial score (nSPS) is 11.5. The Labute approximate surface area is 60.7 Å². The van der Waals surface area contributed by atoms with E-state index in [1.54, 1.807) is 6.21 Å². The number of aliphatic imine (C=N–C) groups is 1. The molecule has 0 atom stereocenters. The fraction of sp³-hybridized carbons (Fsp3) is 0.500. The molecule has 0 bridgehead atoms. The Balaban J connectivity index is 3.41. The van der Waals surface area contributed by atoms with Gasteiger partial charge in [0, 0.05) is 12.9 Å². The van der Waals surface area contributed by atoms with Crippen molar-refractivity contribution in [2.24, 2.45) is 21.1 Å². The lowest BCUT2D eigenvalue weighted by Crippen LogP contribution is -1.92. The minimum Gasteiger partial charge on any atom is -0.247 e. The summed E-state index contributed by atoms with van der Waals surface area (Å²) in [6.07, 6.45) is 3.17. The van der Waals surface area contributed by atoms with E-state index >= 15 is 0 Å². The first-order valence-electron chi connectivity index (χ1n) is 3.03. The number of hydrogen-bond donors (Lipinski definition) is 1. The van der Waals surface area contributed by atoms with E-state index in [0.29, 0.717) is 5.92 Å². The second kappa shape index (κ2) is 5.94. The van der Waals surface area contributed by atoms with Crippen molar-refractivity contribution in [3.8, 4) is 0 Å². The van der Waals surface area contributed by atoms with Gasteiger partial charge in [0.05, 0.1) is 0 Å². The van der Waals surface area contributed by atoms with Crippen molar-refractivity contribution in [3.05, 3.63) is 0 Å². The third-order valence-electron chi connectivity index (χ3n) is 0.637. The first-order valence-corrected chi connectivity index (χ1v) is 3.03. The van der Waals surface area contributed by atoms with Crippen LogP contribution in [0.3, 0.4) is 0 Å². The Hall–Kier alpha value is -1.19. The molecule has 56 valence electrons. The molecule has 0 spiro atoms. The summed E-state index contributed by atoms with van der Waals surface area (Å²) >= 11 is 0. The van der Waals surface area contributed by atoms with Gasteiger partial charge in [0.1, 0.15) is 6.34 Å². The Morgan fingerprint density at radius 1 is 1.50 bits per heavy atom. The molecule has 1 N–H and O–H groups in total. The van der Waals surface area contributed by atoms with Crippen molar-refractivity contribution in [1.29, 1.82) is 0 Å². The molecule has 0 aliphatic rings. The summed E-state index contributed by atoms with van der Waals surface area (Å²) in [5.41, 5.74) is 2.29. The number of hydrogen-bond acceptors (Lipinski definition) is 3. The van der Waals surface area contributed by atoms with E-state index in [2.05, 4.69) is 27.4 Å². The summed E-state index contributed by atoms with van der Waals surface area (Å²) in [6.45, 7) is 7.24. The third-order valence-corrected chi connectivity index (χ3v) is 0.637. The van der Waals surface area contributed by atoms with Crippen molar-refractivity contribution in [1.82, 2.24) is 5.53 Å². The first-order chi connectivity index (χ1) is 4.77. The van der Waals surface area contributed by atoms with E-state index in [9.17, 15) is 0 Å². The zero-order valence-electron chi connectivity index (χ0n) is 6.28. The highest BCUT2D eigenvalue weighted by Crippen LogP contribution is 1.82. The molecule has 0 radical (unpaired) electrons. The highest BCUT2D eigenvalue weighted by molar-refractivity contribution is 5.72. The Kier molecular flexibility index (Phi) is 5.23. The molecule has 4 heteroatoms. The van der Waals surface area contributed by atoms with Crippen molar-refractivity contribution in [2.45, 2.75) is 13.8 Å². The molecule has 0 aliphatic heterocycles. The molecule has 0 aromatic carbocycles. The molecule has 0 heterocycles. The first kappa shape index (κ1) is 8.81. The van der Waals surface area contributed by atoms with Crippen LogP contribution in [-0.4, -0.2) is 19.3 Å². The molecule has 0 aromatic heterocycles. The number of nitrogens with one attached hydrogen (secondary N) is 1. The number of rotatable bonds is 4. The third kappa shape index (κ3) is 6.81. The average molecular weight is 140 g/mol. The molecule has 0 unspecified atom stereocenters. The van der Waals surface area contributed by atoms with Gasteiger partial charge in [-0.05, 0) is 5.92 Å². The van der Waals surface area contributed by atoms with Crippen LogP contribution in [0.25, 0.3) is 0 Å².